The summed E-state index contributed by atoms with van der Waals surface area (Å²) in [7, 11) is 0. The maximum Gasteiger partial charge on any atom is 0.165 e. The molecule has 1 aromatic heterocycles. The lowest BCUT2D eigenvalue weighted by Crippen LogP contribution is -2.09. The second-order valence-electron chi connectivity index (χ2n) is 4.52. The van der Waals surface area contributed by atoms with Gasteiger partial charge in [-0.05, 0) is 24.6 Å². The van der Waals surface area contributed by atoms with Crippen LogP contribution >= 0.6 is 0 Å². The molecule has 0 fully saturated rings. The lowest BCUT2D eigenvalue weighted by atomic mass is 9.94. The Labute approximate surface area is 109 Å². The minimum Gasteiger partial charge on any atom is -0.464 e. The molecular weight excluding hydrogens is 226 g/mol. The molecule has 0 bridgehead atoms. The normalized spacial score (nSPS) is 12.3. The van der Waals surface area contributed by atoms with E-state index < -0.39 is 0 Å². The minimum absolute atomic E-state index is 0.0319. The number of carbonyl (C=O) groups is 1. The third kappa shape index (κ3) is 4.15. The highest BCUT2D eigenvalue weighted by molar-refractivity contribution is 5.94. The molecule has 18 heavy (non-hydrogen) atoms. The van der Waals surface area contributed by atoms with E-state index in [0.717, 1.165) is 30.8 Å². The average Bonchev–Trinajstić information content (AvgIpc) is 2.86. The first-order valence-corrected chi connectivity index (χ1v) is 6.67. The lowest BCUT2D eigenvalue weighted by molar-refractivity contribution is -0.116. The number of allylic oxidation sites excluding steroid dienone is 1. The Morgan fingerprint density at radius 2 is 2.22 bits per heavy atom. The highest BCUT2D eigenvalue weighted by atomic mass is 16.3. The zero-order chi connectivity index (χ0) is 13.4. The summed E-state index contributed by atoms with van der Waals surface area (Å²) in [6.07, 6.45) is 6.80. The van der Waals surface area contributed by atoms with Gasteiger partial charge in [-0.15, -0.1) is 0 Å². The fourth-order valence-electron chi connectivity index (χ4n) is 2.03. The molecule has 1 unspecified atom stereocenters. The van der Waals surface area contributed by atoms with Crippen molar-refractivity contribution in [2.75, 3.05) is 0 Å². The third-order valence-corrected chi connectivity index (χ3v) is 3.12. The summed E-state index contributed by atoms with van der Waals surface area (Å²) < 4.78 is 5.58. The topological polar surface area (TPSA) is 56.2 Å². The molecule has 3 heteroatoms. The maximum absolute atomic E-state index is 11.9. The number of hydrogen-bond acceptors (Lipinski definition) is 3. The Kier molecular flexibility index (Phi) is 6.44. The van der Waals surface area contributed by atoms with E-state index in [4.69, 9.17) is 10.2 Å². The number of furan rings is 1. The minimum atomic E-state index is -0.195. The Morgan fingerprint density at radius 1 is 1.44 bits per heavy atom. The summed E-state index contributed by atoms with van der Waals surface area (Å²) in [5.74, 6) is 1.28. The molecule has 0 spiro atoms. The van der Waals surface area contributed by atoms with E-state index in [1.807, 2.05) is 12.1 Å². The van der Waals surface area contributed by atoms with Crippen LogP contribution in [-0.2, 0) is 11.3 Å². The van der Waals surface area contributed by atoms with Gasteiger partial charge in [-0.2, -0.15) is 0 Å². The zero-order valence-corrected chi connectivity index (χ0v) is 11.2. The first-order valence-electron chi connectivity index (χ1n) is 6.67. The van der Waals surface area contributed by atoms with Gasteiger partial charge in [0.2, 0.25) is 0 Å². The van der Waals surface area contributed by atoms with Crippen LogP contribution in [0.15, 0.2) is 29.2 Å². The first kappa shape index (κ1) is 14.7. The lowest BCUT2D eigenvalue weighted by Gasteiger charge is -2.11. The van der Waals surface area contributed by atoms with E-state index in [1.165, 1.54) is 18.9 Å². The van der Waals surface area contributed by atoms with Crippen molar-refractivity contribution < 1.29 is 9.21 Å². The second kappa shape index (κ2) is 7.88. The van der Waals surface area contributed by atoms with E-state index >= 15 is 0 Å². The Balaban J connectivity index is 2.65. The number of hydrogen-bond donors (Lipinski definition) is 1. The van der Waals surface area contributed by atoms with Crippen LogP contribution in [-0.4, -0.2) is 5.78 Å². The van der Waals surface area contributed by atoms with Gasteiger partial charge in [0, 0.05) is 0 Å². The molecule has 100 valence electrons. The van der Waals surface area contributed by atoms with Gasteiger partial charge in [0.25, 0.3) is 0 Å². The van der Waals surface area contributed by atoms with Crippen molar-refractivity contribution in [3.05, 3.63) is 36.3 Å². The van der Waals surface area contributed by atoms with Crippen LogP contribution in [0.3, 0.4) is 0 Å². The SMILES string of the molecule is C=CC(=O)C(CCCCCC)c1ccc(CN)o1. The van der Waals surface area contributed by atoms with Crippen LogP contribution in [0.5, 0.6) is 0 Å². The van der Waals surface area contributed by atoms with E-state index in [1.54, 1.807) is 0 Å². The molecule has 0 aliphatic rings. The highest BCUT2D eigenvalue weighted by Gasteiger charge is 2.21. The van der Waals surface area contributed by atoms with Gasteiger partial charge >= 0.3 is 0 Å². The summed E-state index contributed by atoms with van der Waals surface area (Å²) in [6.45, 7) is 6.10. The summed E-state index contributed by atoms with van der Waals surface area (Å²) >= 11 is 0. The molecule has 1 heterocycles. The van der Waals surface area contributed by atoms with Crippen molar-refractivity contribution in [1.29, 1.82) is 0 Å². The quantitative estimate of drug-likeness (QED) is 0.538. The van der Waals surface area contributed by atoms with E-state index in [-0.39, 0.29) is 11.7 Å². The Hall–Kier alpha value is -1.35. The largest absolute Gasteiger partial charge is 0.464 e. The molecule has 2 N–H and O–H groups in total. The molecule has 0 amide bonds. The van der Waals surface area contributed by atoms with E-state index in [0.29, 0.717) is 6.54 Å². The number of unbranched alkanes of at least 4 members (excludes halogenated alkanes) is 3. The standard InChI is InChI=1S/C15H23NO2/c1-3-5-6-7-8-13(14(17)4-2)15-10-9-12(11-16)18-15/h4,9-10,13H,2-3,5-8,11,16H2,1H3. The molecule has 3 nitrogen and oxygen atoms in total. The van der Waals surface area contributed by atoms with Crippen molar-refractivity contribution >= 4 is 5.78 Å². The highest BCUT2D eigenvalue weighted by Crippen LogP contribution is 2.26. The molecular formula is C15H23NO2. The molecule has 0 radical (unpaired) electrons. The Bertz CT molecular complexity index is 382. The van der Waals surface area contributed by atoms with Gasteiger partial charge in [-0.1, -0.05) is 39.2 Å². The first-order chi connectivity index (χ1) is 8.72. The predicted molar refractivity (Wildman–Crippen MR) is 73.3 cm³/mol. The van der Waals surface area contributed by atoms with E-state index in [9.17, 15) is 4.79 Å². The number of ketones is 1. The van der Waals surface area contributed by atoms with Crippen molar-refractivity contribution in [3.63, 3.8) is 0 Å². The Morgan fingerprint density at radius 3 is 2.78 bits per heavy atom. The van der Waals surface area contributed by atoms with Crippen molar-refractivity contribution in [2.45, 2.75) is 51.5 Å². The number of nitrogens with two attached hydrogens (primary N) is 1. The van der Waals surface area contributed by atoms with Crippen LogP contribution in [0, 0.1) is 0 Å². The van der Waals surface area contributed by atoms with Crippen molar-refractivity contribution in [2.24, 2.45) is 5.73 Å². The van der Waals surface area contributed by atoms with Gasteiger partial charge in [-0.25, -0.2) is 0 Å². The van der Waals surface area contributed by atoms with Crippen LogP contribution in [0.4, 0.5) is 0 Å². The molecule has 1 atom stereocenters. The smallest absolute Gasteiger partial charge is 0.165 e. The summed E-state index contributed by atoms with van der Waals surface area (Å²) in [5.41, 5.74) is 5.51. The summed E-state index contributed by atoms with van der Waals surface area (Å²) in [6, 6.07) is 3.69. The fraction of sp³-hybridized carbons (Fsp3) is 0.533. The van der Waals surface area contributed by atoms with Crippen LogP contribution < -0.4 is 5.73 Å². The molecule has 0 saturated heterocycles. The zero-order valence-electron chi connectivity index (χ0n) is 11.2. The van der Waals surface area contributed by atoms with Crippen molar-refractivity contribution in [1.82, 2.24) is 0 Å². The maximum atomic E-state index is 11.9. The monoisotopic (exact) mass is 249 g/mol. The summed E-state index contributed by atoms with van der Waals surface area (Å²) in [5, 5.41) is 0. The van der Waals surface area contributed by atoms with Gasteiger partial charge in [0.05, 0.1) is 12.5 Å². The predicted octanol–water partition coefficient (Wildman–Crippen LogP) is 3.55. The molecule has 1 aromatic rings. The fourth-order valence-corrected chi connectivity index (χ4v) is 2.03. The van der Waals surface area contributed by atoms with Crippen LogP contribution in [0.25, 0.3) is 0 Å². The van der Waals surface area contributed by atoms with Gasteiger partial charge in [-0.3, -0.25) is 4.79 Å². The third-order valence-electron chi connectivity index (χ3n) is 3.12. The number of rotatable bonds is 9. The number of carbonyl (C=O) groups excluding carboxylic acids is 1. The van der Waals surface area contributed by atoms with Crippen molar-refractivity contribution in [3.8, 4) is 0 Å². The van der Waals surface area contributed by atoms with Crippen LogP contribution in [0.1, 0.15) is 56.5 Å². The van der Waals surface area contributed by atoms with Gasteiger partial charge in [0.1, 0.15) is 11.5 Å². The second-order valence-corrected chi connectivity index (χ2v) is 4.52. The molecule has 1 rings (SSSR count). The van der Waals surface area contributed by atoms with Gasteiger partial charge < -0.3 is 10.2 Å². The van der Waals surface area contributed by atoms with Gasteiger partial charge in [0.15, 0.2) is 5.78 Å². The molecule has 0 aromatic carbocycles. The van der Waals surface area contributed by atoms with Crippen LogP contribution in [0.2, 0.25) is 0 Å². The van der Waals surface area contributed by atoms with E-state index in [2.05, 4.69) is 13.5 Å². The average molecular weight is 249 g/mol. The molecule has 0 aliphatic heterocycles. The summed E-state index contributed by atoms with van der Waals surface area (Å²) in [4.78, 5) is 11.9. The molecule has 0 aliphatic carbocycles. The molecule has 0 saturated carbocycles.